The van der Waals surface area contributed by atoms with Crippen molar-refractivity contribution in [1.29, 1.82) is 0 Å². The van der Waals surface area contributed by atoms with E-state index >= 15 is 0 Å². The average Bonchev–Trinajstić information content (AvgIpc) is 2.53. The average molecular weight is 289 g/mol. The van der Waals surface area contributed by atoms with Gasteiger partial charge >= 0.3 is 5.97 Å². The highest BCUT2D eigenvalue weighted by Crippen LogP contribution is 2.31. The van der Waals surface area contributed by atoms with Crippen molar-refractivity contribution in [3.63, 3.8) is 0 Å². The van der Waals surface area contributed by atoms with Gasteiger partial charge in [-0.3, -0.25) is 4.79 Å². The molecule has 1 saturated carbocycles. The Kier molecular flexibility index (Phi) is 4.56. The molecule has 2 aliphatic rings. The minimum absolute atomic E-state index is 0.186. The van der Waals surface area contributed by atoms with E-state index in [-0.39, 0.29) is 17.9 Å². The Morgan fingerprint density at radius 3 is 2.95 bits per heavy atom. The van der Waals surface area contributed by atoms with E-state index in [0.717, 1.165) is 32.2 Å². The lowest BCUT2D eigenvalue weighted by molar-refractivity contribution is -0.144. The maximum Gasteiger partial charge on any atom is 0.306 e. The van der Waals surface area contributed by atoms with Crippen molar-refractivity contribution in [2.24, 2.45) is 11.8 Å². The third kappa shape index (κ3) is 3.27. The van der Waals surface area contributed by atoms with Gasteiger partial charge in [0.25, 0.3) is 0 Å². The second-order valence-corrected chi connectivity index (χ2v) is 6.16. The zero-order valence-corrected chi connectivity index (χ0v) is 12.3. The molecule has 0 bridgehead atoms. The van der Waals surface area contributed by atoms with E-state index < -0.39 is 5.97 Å². The highest BCUT2D eigenvalue weighted by molar-refractivity contribution is 5.70. The lowest BCUT2D eigenvalue weighted by Gasteiger charge is -2.32. The van der Waals surface area contributed by atoms with Gasteiger partial charge < -0.3 is 15.2 Å². The first kappa shape index (κ1) is 14.5. The molecular weight excluding hydrogens is 266 g/mol. The summed E-state index contributed by atoms with van der Waals surface area (Å²) in [6, 6.07) is 8.52. The van der Waals surface area contributed by atoms with Crippen molar-refractivity contribution in [3.8, 4) is 0 Å². The van der Waals surface area contributed by atoms with Gasteiger partial charge in [0.1, 0.15) is 0 Å². The van der Waals surface area contributed by atoms with E-state index in [1.165, 1.54) is 11.1 Å². The fourth-order valence-corrected chi connectivity index (χ4v) is 3.62. The van der Waals surface area contributed by atoms with Crippen molar-refractivity contribution in [3.05, 3.63) is 35.4 Å². The number of ether oxygens (including phenoxy) is 1. The van der Waals surface area contributed by atoms with Gasteiger partial charge in [0.05, 0.1) is 25.2 Å². The van der Waals surface area contributed by atoms with Crippen LogP contribution in [0.2, 0.25) is 0 Å². The number of nitrogens with one attached hydrogen (secondary N) is 1. The van der Waals surface area contributed by atoms with E-state index in [1.807, 2.05) is 6.07 Å². The van der Waals surface area contributed by atoms with E-state index in [2.05, 4.69) is 23.5 Å². The first-order valence-corrected chi connectivity index (χ1v) is 7.87. The van der Waals surface area contributed by atoms with Gasteiger partial charge in [-0.05, 0) is 36.4 Å². The number of rotatable bonds is 4. The Morgan fingerprint density at radius 1 is 1.29 bits per heavy atom. The molecule has 1 aromatic carbocycles. The van der Waals surface area contributed by atoms with Crippen LogP contribution >= 0.6 is 0 Å². The minimum Gasteiger partial charge on any atom is -0.481 e. The highest BCUT2D eigenvalue weighted by atomic mass is 16.5. The van der Waals surface area contributed by atoms with E-state index in [4.69, 9.17) is 4.74 Å². The van der Waals surface area contributed by atoms with Crippen LogP contribution in [0.5, 0.6) is 0 Å². The summed E-state index contributed by atoms with van der Waals surface area (Å²) < 4.78 is 5.64. The molecule has 3 unspecified atom stereocenters. The van der Waals surface area contributed by atoms with Crippen LogP contribution in [0.1, 0.15) is 42.9 Å². The second-order valence-electron chi connectivity index (χ2n) is 6.16. The molecule has 3 rings (SSSR count). The maximum absolute atomic E-state index is 11.4. The summed E-state index contributed by atoms with van der Waals surface area (Å²) in [6.45, 7) is 2.11. The maximum atomic E-state index is 11.4. The molecule has 2 N–H and O–H groups in total. The standard InChI is InChI=1S/C17H23NO3/c19-17(20)15-8-4-1-5-12(15)9-18-16-11-21-10-13-6-2-3-7-14(13)16/h2-3,6-7,12,15-16,18H,1,4-5,8-11H2,(H,19,20). The molecule has 1 aliphatic heterocycles. The van der Waals surface area contributed by atoms with Gasteiger partial charge in [0.15, 0.2) is 0 Å². The zero-order valence-electron chi connectivity index (χ0n) is 12.3. The molecule has 4 heteroatoms. The topological polar surface area (TPSA) is 58.6 Å². The van der Waals surface area contributed by atoms with Crippen LogP contribution in [0, 0.1) is 11.8 Å². The predicted octanol–water partition coefficient (Wildman–Crippen LogP) is 2.74. The summed E-state index contributed by atoms with van der Waals surface area (Å²) in [5, 5.41) is 12.9. The van der Waals surface area contributed by atoms with Crippen molar-refractivity contribution < 1.29 is 14.6 Å². The molecule has 0 amide bonds. The zero-order chi connectivity index (χ0) is 14.7. The molecule has 0 radical (unpaired) electrons. The van der Waals surface area contributed by atoms with Crippen LogP contribution in [0.4, 0.5) is 0 Å². The number of hydrogen-bond donors (Lipinski definition) is 2. The van der Waals surface area contributed by atoms with Gasteiger partial charge in [-0.1, -0.05) is 37.1 Å². The molecule has 1 aliphatic carbocycles. The van der Waals surface area contributed by atoms with Gasteiger partial charge in [0, 0.05) is 0 Å². The predicted molar refractivity (Wildman–Crippen MR) is 79.9 cm³/mol. The first-order chi connectivity index (χ1) is 10.3. The summed E-state index contributed by atoms with van der Waals surface area (Å²) in [6.07, 6.45) is 4.02. The number of hydrogen-bond acceptors (Lipinski definition) is 3. The number of carboxylic acid groups (broad SMARTS) is 1. The lowest BCUT2D eigenvalue weighted by atomic mass is 9.79. The Bertz CT molecular complexity index is 503. The van der Waals surface area contributed by atoms with Crippen LogP contribution in [-0.2, 0) is 16.1 Å². The Hall–Kier alpha value is -1.39. The van der Waals surface area contributed by atoms with Gasteiger partial charge in [-0.15, -0.1) is 0 Å². The fourth-order valence-electron chi connectivity index (χ4n) is 3.62. The highest BCUT2D eigenvalue weighted by Gasteiger charge is 2.31. The third-order valence-corrected chi connectivity index (χ3v) is 4.83. The summed E-state index contributed by atoms with van der Waals surface area (Å²) >= 11 is 0. The molecule has 4 nitrogen and oxygen atoms in total. The molecule has 0 saturated heterocycles. The minimum atomic E-state index is -0.637. The van der Waals surface area contributed by atoms with Crippen LogP contribution in [0.3, 0.4) is 0 Å². The normalized spacial score (nSPS) is 28.9. The van der Waals surface area contributed by atoms with Crippen molar-refractivity contribution in [2.45, 2.75) is 38.3 Å². The number of aliphatic carboxylic acids is 1. The van der Waals surface area contributed by atoms with Gasteiger partial charge in [-0.2, -0.15) is 0 Å². The summed E-state index contributed by atoms with van der Waals surface area (Å²) in [5.41, 5.74) is 2.53. The van der Waals surface area contributed by atoms with E-state index in [9.17, 15) is 9.90 Å². The van der Waals surface area contributed by atoms with Crippen molar-refractivity contribution in [1.82, 2.24) is 5.32 Å². The number of carbonyl (C=O) groups is 1. The Balaban J connectivity index is 1.64. The van der Waals surface area contributed by atoms with Crippen LogP contribution in [-0.4, -0.2) is 24.2 Å². The Morgan fingerprint density at radius 2 is 2.10 bits per heavy atom. The number of fused-ring (bicyclic) bond motifs is 1. The van der Waals surface area contributed by atoms with Crippen molar-refractivity contribution >= 4 is 5.97 Å². The molecular formula is C17H23NO3. The summed E-state index contributed by atoms with van der Waals surface area (Å²) in [4.78, 5) is 11.4. The third-order valence-electron chi connectivity index (χ3n) is 4.83. The molecule has 21 heavy (non-hydrogen) atoms. The second kappa shape index (κ2) is 6.58. The molecule has 114 valence electrons. The largest absolute Gasteiger partial charge is 0.481 e. The van der Waals surface area contributed by atoms with E-state index in [1.54, 1.807) is 0 Å². The molecule has 1 aromatic rings. The summed E-state index contributed by atoms with van der Waals surface area (Å²) in [7, 11) is 0. The quantitative estimate of drug-likeness (QED) is 0.895. The van der Waals surface area contributed by atoms with Gasteiger partial charge in [-0.25, -0.2) is 0 Å². The van der Waals surface area contributed by atoms with Crippen LogP contribution in [0.25, 0.3) is 0 Å². The number of carboxylic acids is 1. The first-order valence-electron chi connectivity index (χ1n) is 7.87. The van der Waals surface area contributed by atoms with Crippen LogP contribution < -0.4 is 5.32 Å². The van der Waals surface area contributed by atoms with Crippen molar-refractivity contribution in [2.75, 3.05) is 13.2 Å². The van der Waals surface area contributed by atoms with Gasteiger partial charge in [0.2, 0.25) is 0 Å². The lowest BCUT2D eigenvalue weighted by Crippen LogP contribution is -2.38. The van der Waals surface area contributed by atoms with Crippen LogP contribution in [0.15, 0.2) is 24.3 Å². The molecule has 0 aromatic heterocycles. The number of benzene rings is 1. The Labute approximate surface area is 125 Å². The monoisotopic (exact) mass is 289 g/mol. The molecule has 3 atom stereocenters. The summed E-state index contributed by atoms with van der Waals surface area (Å²) in [5.74, 6) is -0.585. The molecule has 0 spiro atoms. The smallest absolute Gasteiger partial charge is 0.306 e. The molecule has 1 heterocycles. The fraction of sp³-hybridized carbons (Fsp3) is 0.588. The SMILES string of the molecule is O=C(O)C1CCCCC1CNC1COCc2ccccc21. The van der Waals surface area contributed by atoms with E-state index in [0.29, 0.717) is 13.2 Å². The molecule has 1 fully saturated rings.